The zero-order valence-corrected chi connectivity index (χ0v) is 17.8. The van der Waals surface area contributed by atoms with Gasteiger partial charge in [0.15, 0.2) is 0 Å². The van der Waals surface area contributed by atoms with E-state index in [-0.39, 0.29) is 11.8 Å². The van der Waals surface area contributed by atoms with Crippen LogP contribution in [-0.4, -0.2) is 52.8 Å². The lowest BCUT2D eigenvalue weighted by Gasteiger charge is -2.26. The summed E-state index contributed by atoms with van der Waals surface area (Å²) in [4.78, 5) is 27.3. The molecule has 1 aromatic heterocycles. The number of rotatable bonds is 5. The van der Waals surface area contributed by atoms with Crippen molar-refractivity contribution in [1.29, 1.82) is 0 Å². The van der Waals surface area contributed by atoms with Crippen LogP contribution in [0.15, 0.2) is 54.7 Å². The summed E-state index contributed by atoms with van der Waals surface area (Å²) < 4.78 is 7.10. The number of aryl methyl sites for hydroxylation is 1. The molecule has 0 aliphatic carbocycles. The molecule has 7 nitrogen and oxygen atoms in total. The van der Waals surface area contributed by atoms with Gasteiger partial charge in [0.25, 0.3) is 11.8 Å². The first-order chi connectivity index (χ1) is 15.1. The largest absolute Gasteiger partial charge is 0.378 e. The number of aromatic nitrogens is 2. The maximum atomic E-state index is 12.9. The maximum absolute atomic E-state index is 12.9. The number of nitrogens with one attached hydrogen (secondary N) is 1. The topological polar surface area (TPSA) is 76.5 Å². The zero-order valence-electron chi connectivity index (χ0n) is 17.8. The molecule has 1 aliphatic heterocycles. The molecule has 1 aliphatic rings. The molecule has 160 valence electrons. The van der Waals surface area contributed by atoms with Gasteiger partial charge in [-0.25, -0.2) is 4.68 Å². The standard InChI is InChI=1S/C24H26N4O3/c1-3-22-21(16-25-28(22)20-10-4-17(2)5-11-20)23(29)26-19-8-6-18(7-9-19)24(30)27-12-14-31-15-13-27/h4-11,16H,3,12-15H2,1-2H3,(H,26,29). The Balaban J connectivity index is 1.48. The molecule has 3 aromatic rings. The van der Waals surface area contributed by atoms with Gasteiger partial charge in [-0.1, -0.05) is 24.6 Å². The Morgan fingerprint density at radius 1 is 1.03 bits per heavy atom. The minimum absolute atomic E-state index is 0.0196. The van der Waals surface area contributed by atoms with Gasteiger partial charge in [-0.3, -0.25) is 9.59 Å². The van der Waals surface area contributed by atoms with Crippen LogP contribution in [0.5, 0.6) is 0 Å². The normalized spacial score (nSPS) is 13.8. The number of benzene rings is 2. The molecule has 2 amide bonds. The smallest absolute Gasteiger partial charge is 0.259 e. The molecule has 7 heteroatoms. The highest BCUT2D eigenvalue weighted by atomic mass is 16.5. The summed E-state index contributed by atoms with van der Waals surface area (Å²) in [5.41, 5.74) is 4.71. The monoisotopic (exact) mass is 418 g/mol. The second kappa shape index (κ2) is 9.14. The highest BCUT2D eigenvalue weighted by Crippen LogP contribution is 2.19. The van der Waals surface area contributed by atoms with E-state index in [1.54, 1.807) is 40.0 Å². The van der Waals surface area contributed by atoms with Crippen LogP contribution in [0.3, 0.4) is 0 Å². The summed E-state index contributed by atoms with van der Waals surface area (Å²) in [6.07, 6.45) is 2.27. The minimum Gasteiger partial charge on any atom is -0.378 e. The van der Waals surface area contributed by atoms with Crippen molar-refractivity contribution in [2.75, 3.05) is 31.6 Å². The molecule has 1 N–H and O–H groups in total. The Hall–Kier alpha value is -3.45. The van der Waals surface area contributed by atoms with E-state index in [4.69, 9.17) is 4.74 Å². The fourth-order valence-electron chi connectivity index (χ4n) is 3.66. The van der Waals surface area contributed by atoms with Crippen LogP contribution in [0.1, 0.15) is 38.9 Å². The van der Waals surface area contributed by atoms with Gasteiger partial charge in [0, 0.05) is 24.3 Å². The van der Waals surface area contributed by atoms with Crippen LogP contribution in [0, 0.1) is 6.92 Å². The van der Waals surface area contributed by atoms with Crippen molar-refractivity contribution < 1.29 is 14.3 Å². The van der Waals surface area contributed by atoms with E-state index in [2.05, 4.69) is 10.4 Å². The Morgan fingerprint density at radius 2 is 1.71 bits per heavy atom. The van der Waals surface area contributed by atoms with Gasteiger partial charge in [-0.2, -0.15) is 5.10 Å². The Kier molecular flexibility index (Phi) is 6.13. The molecule has 2 aromatic carbocycles. The summed E-state index contributed by atoms with van der Waals surface area (Å²) in [5, 5.41) is 7.35. The number of nitrogens with zero attached hydrogens (tertiary/aromatic N) is 3. The lowest BCUT2D eigenvalue weighted by atomic mass is 10.1. The third-order valence-electron chi connectivity index (χ3n) is 5.41. The Bertz CT molecular complexity index is 1070. The van der Waals surface area contributed by atoms with Crippen molar-refractivity contribution in [3.8, 4) is 5.69 Å². The van der Waals surface area contributed by atoms with Gasteiger partial charge < -0.3 is 15.0 Å². The van der Waals surface area contributed by atoms with Crippen molar-refractivity contribution >= 4 is 17.5 Å². The number of amides is 2. The van der Waals surface area contributed by atoms with Crippen LogP contribution in [-0.2, 0) is 11.2 Å². The summed E-state index contributed by atoms with van der Waals surface area (Å²) in [6, 6.07) is 15.0. The highest BCUT2D eigenvalue weighted by molar-refractivity contribution is 6.05. The summed E-state index contributed by atoms with van der Waals surface area (Å²) in [6.45, 7) is 6.37. The minimum atomic E-state index is -0.220. The maximum Gasteiger partial charge on any atom is 0.259 e. The third kappa shape index (κ3) is 4.51. The lowest BCUT2D eigenvalue weighted by Crippen LogP contribution is -2.40. The second-order valence-electron chi connectivity index (χ2n) is 7.54. The third-order valence-corrected chi connectivity index (χ3v) is 5.41. The fourth-order valence-corrected chi connectivity index (χ4v) is 3.66. The number of morpholine rings is 1. The fraction of sp³-hybridized carbons (Fsp3) is 0.292. The average molecular weight is 418 g/mol. The van der Waals surface area contributed by atoms with Crippen LogP contribution < -0.4 is 5.32 Å². The first-order valence-corrected chi connectivity index (χ1v) is 10.5. The predicted octanol–water partition coefficient (Wildman–Crippen LogP) is 3.47. The van der Waals surface area contributed by atoms with Gasteiger partial charge in [-0.15, -0.1) is 0 Å². The summed E-state index contributed by atoms with van der Waals surface area (Å²) in [7, 11) is 0. The van der Waals surface area contributed by atoms with Crippen LogP contribution >= 0.6 is 0 Å². The summed E-state index contributed by atoms with van der Waals surface area (Å²) in [5.74, 6) is -0.240. The van der Waals surface area contributed by atoms with Crippen molar-refractivity contribution in [1.82, 2.24) is 14.7 Å². The number of carbonyl (C=O) groups excluding carboxylic acids is 2. The first-order valence-electron chi connectivity index (χ1n) is 10.5. The number of carbonyl (C=O) groups is 2. The molecular weight excluding hydrogens is 392 g/mol. The van der Waals surface area contributed by atoms with E-state index in [9.17, 15) is 9.59 Å². The Morgan fingerprint density at radius 3 is 2.35 bits per heavy atom. The van der Waals surface area contributed by atoms with E-state index in [1.807, 2.05) is 38.1 Å². The van der Waals surface area contributed by atoms with E-state index in [0.29, 0.717) is 49.5 Å². The molecule has 0 saturated carbocycles. The predicted molar refractivity (Wildman–Crippen MR) is 119 cm³/mol. The van der Waals surface area contributed by atoms with Crippen LogP contribution in [0.4, 0.5) is 5.69 Å². The van der Waals surface area contributed by atoms with E-state index >= 15 is 0 Å². The highest BCUT2D eigenvalue weighted by Gasteiger charge is 2.20. The zero-order chi connectivity index (χ0) is 21.8. The van der Waals surface area contributed by atoms with Gasteiger partial charge in [0.2, 0.25) is 0 Å². The van der Waals surface area contributed by atoms with Crippen LogP contribution in [0.25, 0.3) is 5.69 Å². The molecule has 0 atom stereocenters. The quantitative estimate of drug-likeness (QED) is 0.688. The van der Waals surface area contributed by atoms with E-state index in [1.165, 1.54) is 5.56 Å². The second-order valence-corrected chi connectivity index (χ2v) is 7.54. The molecule has 0 bridgehead atoms. The summed E-state index contributed by atoms with van der Waals surface area (Å²) >= 11 is 0. The molecule has 2 heterocycles. The molecule has 0 radical (unpaired) electrons. The first kappa shape index (κ1) is 20.8. The van der Waals surface area contributed by atoms with Crippen molar-refractivity contribution in [3.63, 3.8) is 0 Å². The molecular formula is C24H26N4O3. The number of hydrogen-bond acceptors (Lipinski definition) is 4. The molecule has 4 rings (SSSR count). The SMILES string of the molecule is CCc1c(C(=O)Nc2ccc(C(=O)N3CCOCC3)cc2)cnn1-c1ccc(C)cc1. The molecule has 0 unspecified atom stereocenters. The van der Waals surface area contributed by atoms with Crippen LogP contribution in [0.2, 0.25) is 0 Å². The molecule has 31 heavy (non-hydrogen) atoms. The average Bonchev–Trinajstić information content (AvgIpc) is 3.24. The van der Waals surface area contributed by atoms with Crippen molar-refractivity contribution in [2.24, 2.45) is 0 Å². The molecule has 0 spiro atoms. The molecule has 1 saturated heterocycles. The van der Waals surface area contributed by atoms with E-state index in [0.717, 1.165) is 11.4 Å². The van der Waals surface area contributed by atoms with Gasteiger partial charge >= 0.3 is 0 Å². The lowest BCUT2D eigenvalue weighted by molar-refractivity contribution is 0.0303. The Labute approximate surface area is 181 Å². The van der Waals surface area contributed by atoms with Gasteiger partial charge in [0.1, 0.15) is 0 Å². The van der Waals surface area contributed by atoms with Gasteiger partial charge in [0.05, 0.1) is 36.4 Å². The number of hydrogen-bond donors (Lipinski definition) is 1. The number of ether oxygens (including phenoxy) is 1. The van der Waals surface area contributed by atoms with Gasteiger partial charge in [-0.05, 0) is 49.7 Å². The number of anilines is 1. The van der Waals surface area contributed by atoms with Crippen molar-refractivity contribution in [2.45, 2.75) is 20.3 Å². The van der Waals surface area contributed by atoms with E-state index < -0.39 is 0 Å². The van der Waals surface area contributed by atoms with Crippen molar-refractivity contribution in [3.05, 3.63) is 77.1 Å². The molecule has 1 fully saturated rings.